The number of hydrogen-bond donors (Lipinski definition) is 0. The first-order chi connectivity index (χ1) is 8.22. The Morgan fingerprint density at radius 1 is 1.53 bits per heavy atom. The molecule has 0 radical (unpaired) electrons. The summed E-state index contributed by atoms with van der Waals surface area (Å²) in [5.41, 5.74) is 1.10. The first kappa shape index (κ1) is 13.7. The third-order valence-corrected chi connectivity index (χ3v) is 3.03. The summed E-state index contributed by atoms with van der Waals surface area (Å²) in [6.07, 6.45) is 0.928. The number of carbonyl (C=O) groups is 1. The highest BCUT2D eigenvalue weighted by atomic mass is 79.9. The molecule has 1 rings (SSSR count). The van der Waals surface area contributed by atoms with Crippen molar-refractivity contribution in [3.05, 3.63) is 35.4 Å². The first-order valence-electron chi connectivity index (χ1n) is 5.58. The van der Waals surface area contributed by atoms with Crippen LogP contribution in [-0.2, 0) is 0 Å². The van der Waals surface area contributed by atoms with E-state index in [1.54, 1.807) is 29.2 Å². The molecule has 1 aromatic carbocycles. The van der Waals surface area contributed by atoms with Gasteiger partial charge in [0, 0.05) is 24.0 Å². The van der Waals surface area contributed by atoms with Crippen LogP contribution in [0.1, 0.15) is 29.3 Å². The number of hydrogen-bond acceptors (Lipinski definition) is 2. The summed E-state index contributed by atoms with van der Waals surface area (Å²) >= 11 is 3.35. The van der Waals surface area contributed by atoms with E-state index in [0.717, 1.165) is 18.3 Å². The van der Waals surface area contributed by atoms with Gasteiger partial charge in [-0.05, 0) is 31.5 Å². The third kappa shape index (κ3) is 3.86. The molecule has 0 aliphatic heterocycles. The van der Waals surface area contributed by atoms with Gasteiger partial charge in [0.15, 0.2) is 0 Å². The highest BCUT2D eigenvalue weighted by Gasteiger charge is 2.13. The van der Waals surface area contributed by atoms with E-state index in [1.165, 1.54) is 0 Å². The topological polar surface area (TPSA) is 44.1 Å². The normalized spacial score (nSPS) is 9.71. The van der Waals surface area contributed by atoms with Crippen molar-refractivity contribution >= 4 is 21.8 Å². The smallest absolute Gasteiger partial charge is 0.253 e. The van der Waals surface area contributed by atoms with E-state index in [1.807, 2.05) is 13.0 Å². The maximum Gasteiger partial charge on any atom is 0.253 e. The van der Waals surface area contributed by atoms with Gasteiger partial charge in [-0.15, -0.1) is 0 Å². The summed E-state index contributed by atoms with van der Waals surface area (Å²) < 4.78 is 0. The van der Waals surface area contributed by atoms with Crippen LogP contribution in [0.25, 0.3) is 0 Å². The molecule has 0 bridgehead atoms. The molecule has 1 amide bonds. The number of nitrogens with zero attached hydrogens (tertiary/aromatic N) is 2. The average molecular weight is 295 g/mol. The number of halogens is 1. The van der Waals surface area contributed by atoms with Gasteiger partial charge in [0.1, 0.15) is 0 Å². The monoisotopic (exact) mass is 294 g/mol. The van der Waals surface area contributed by atoms with Crippen LogP contribution in [0.5, 0.6) is 0 Å². The van der Waals surface area contributed by atoms with Crippen molar-refractivity contribution in [3.8, 4) is 6.07 Å². The van der Waals surface area contributed by atoms with Crippen molar-refractivity contribution in [2.75, 3.05) is 18.4 Å². The minimum atomic E-state index is -0.00875. The molecule has 0 aliphatic carbocycles. The van der Waals surface area contributed by atoms with Crippen molar-refractivity contribution in [2.45, 2.75) is 13.3 Å². The van der Waals surface area contributed by atoms with E-state index in [4.69, 9.17) is 5.26 Å². The second-order valence-corrected chi connectivity index (χ2v) is 4.41. The molecule has 0 heterocycles. The number of rotatable bonds is 5. The lowest BCUT2D eigenvalue weighted by molar-refractivity contribution is 0.0765. The van der Waals surface area contributed by atoms with Gasteiger partial charge in [-0.25, -0.2) is 0 Å². The van der Waals surface area contributed by atoms with Gasteiger partial charge < -0.3 is 4.90 Å². The predicted octanol–water partition coefficient (Wildman–Crippen LogP) is 2.81. The van der Waals surface area contributed by atoms with Crippen LogP contribution < -0.4 is 0 Å². The average Bonchev–Trinajstić information content (AvgIpc) is 2.39. The third-order valence-electron chi connectivity index (χ3n) is 2.47. The van der Waals surface area contributed by atoms with E-state index >= 15 is 0 Å². The number of nitriles is 1. The van der Waals surface area contributed by atoms with Crippen LogP contribution in [0.3, 0.4) is 0 Å². The van der Waals surface area contributed by atoms with Crippen molar-refractivity contribution in [1.29, 1.82) is 5.26 Å². The van der Waals surface area contributed by atoms with E-state index in [2.05, 4.69) is 15.9 Å². The Morgan fingerprint density at radius 2 is 2.29 bits per heavy atom. The maximum atomic E-state index is 12.2. The van der Waals surface area contributed by atoms with Crippen molar-refractivity contribution < 1.29 is 4.79 Å². The molecule has 0 unspecified atom stereocenters. The van der Waals surface area contributed by atoms with E-state index < -0.39 is 0 Å². The molecular weight excluding hydrogens is 280 g/mol. The first-order valence-corrected chi connectivity index (χ1v) is 6.70. The van der Waals surface area contributed by atoms with Crippen LogP contribution in [0.15, 0.2) is 24.3 Å². The lowest BCUT2D eigenvalue weighted by Gasteiger charge is -2.20. The quantitative estimate of drug-likeness (QED) is 0.784. The molecule has 4 heteroatoms. The molecule has 0 aromatic heterocycles. The van der Waals surface area contributed by atoms with Crippen molar-refractivity contribution in [3.63, 3.8) is 0 Å². The van der Waals surface area contributed by atoms with Crippen LogP contribution in [0, 0.1) is 11.3 Å². The Bertz CT molecular complexity index is 426. The van der Waals surface area contributed by atoms with Crippen LogP contribution in [0.4, 0.5) is 0 Å². The Hall–Kier alpha value is -1.34. The fourth-order valence-corrected chi connectivity index (χ4v) is 1.81. The highest BCUT2D eigenvalue weighted by Crippen LogP contribution is 2.08. The summed E-state index contributed by atoms with van der Waals surface area (Å²) in [5, 5.41) is 9.68. The maximum absolute atomic E-state index is 12.2. The summed E-state index contributed by atoms with van der Waals surface area (Å²) in [7, 11) is 0. The highest BCUT2D eigenvalue weighted by molar-refractivity contribution is 9.09. The molecule has 0 N–H and O–H groups in total. The van der Waals surface area contributed by atoms with Gasteiger partial charge in [0.05, 0.1) is 11.6 Å². The summed E-state index contributed by atoms with van der Waals surface area (Å²) in [4.78, 5) is 13.9. The van der Waals surface area contributed by atoms with E-state index in [9.17, 15) is 4.79 Å². The van der Waals surface area contributed by atoms with Gasteiger partial charge >= 0.3 is 0 Å². The van der Waals surface area contributed by atoms with Crippen LogP contribution >= 0.6 is 15.9 Å². The molecular formula is C13H15BrN2O. The lowest BCUT2D eigenvalue weighted by atomic mass is 10.1. The van der Waals surface area contributed by atoms with Gasteiger partial charge in [-0.1, -0.05) is 22.0 Å². The molecule has 0 aliphatic rings. The van der Waals surface area contributed by atoms with Crippen LogP contribution in [0.2, 0.25) is 0 Å². The second-order valence-electron chi connectivity index (χ2n) is 3.62. The molecule has 0 saturated carbocycles. The van der Waals surface area contributed by atoms with Gasteiger partial charge in [0.25, 0.3) is 5.91 Å². The Morgan fingerprint density at radius 3 is 2.88 bits per heavy atom. The van der Waals surface area contributed by atoms with Crippen molar-refractivity contribution in [1.82, 2.24) is 4.90 Å². The van der Waals surface area contributed by atoms with E-state index in [0.29, 0.717) is 17.7 Å². The summed E-state index contributed by atoms with van der Waals surface area (Å²) in [6, 6.07) is 8.87. The minimum Gasteiger partial charge on any atom is -0.339 e. The number of carbonyl (C=O) groups excluding carboxylic acids is 1. The van der Waals surface area contributed by atoms with Gasteiger partial charge in [-0.3, -0.25) is 4.79 Å². The molecule has 90 valence electrons. The molecule has 0 fully saturated rings. The minimum absolute atomic E-state index is 0.00875. The number of alkyl halides is 1. The zero-order chi connectivity index (χ0) is 12.7. The molecule has 1 aromatic rings. The predicted molar refractivity (Wildman–Crippen MR) is 71.1 cm³/mol. The fourth-order valence-electron chi connectivity index (χ4n) is 1.56. The largest absolute Gasteiger partial charge is 0.339 e. The molecule has 0 atom stereocenters. The molecule has 3 nitrogen and oxygen atoms in total. The van der Waals surface area contributed by atoms with Gasteiger partial charge in [0.2, 0.25) is 0 Å². The van der Waals surface area contributed by atoms with E-state index in [-0.39, 0.29) is 5.91 Å². The molecule has 0 saturated heterocycles. The Kier molecular flexibility index (Phi) is 5.71. The van der Waals surface area contributed by atoms with Crippen LogP contribution in [-0.4, -0.2) is 29.2 Å². The van der Waals surface area contributed by atoms with Gasteiger partial charge in [-0.2, -0.15) is 5.26 Å². The standard InChI is InChI=1S/C13H15BrN2O/c1-2-16(8-4-7-14)13(17)12-6-3-5-11(9-12)10-15/h3,5-6,9H,2,4,7-8H2,1H3. The second kappa shape index (κ2) is 7.08. The SMILES string of the molecule is CCN(CCCBr)C(=O)c1cccc(C#N)c1. The molecule has 0 spiro atoms. The Balaban J connectivity index is 2.82. The fraction of sp³-hybridized carbons (Fsp3) is 0.385. The van der Waals surface area contributed by atoms with Crippen molar-refractivity contribution in [2.24, 2.45) is 0 Å². The summed E-state index contributed by atoms with van der Waals surface area (Å²) in [5.74, 6) is -0.00875. The lowest BCUT2D eigenvalue weighted by Crippen LogP contribution is -2.32. The summed E-state index contributed by atoms with van der Waals surface area (Å²) in [6.45, 7) is 3.38. The zero-order valence-corrected chi connectivity index (χ0v) is 11.4. The zero-order valence-electron chi connectivity index (χ0n) is 9.82. The molecule has 17 heavy (non-hydrogen) atoms. The number of amides is 1. The Labute approximate surface area is 110 Å². The number of benzene rings is 1.